The molecule has 1 rings (SSSR count). The van der Waals surface area contributed by atoms with Gasteiger partial charge in [0.25, 0.3) is 0 Å². The van der Waals surface area contributed by atoms with E-state index in [1.54, 1.807) is 6.20 Å². The second-order valence-electron chi connectivity index (χ2n) is 4.47. The summed E-state index contributed by atoms with van der Waals surface area (Å²) in [6.45, 7) is 5.66. The number of carbonyl (C=O) groups is 1. The second-order valence-corrected chi connectivity index (χ2v) is 4.47. The van der Waals surface area contributed by atoms with E-state index in [1.165, 1.54) is 0 Å². The van der Waals surface area contributed by atoms with Crippen molar-refractivity contribution in [1.29, 1.82) is 0 Å². The first kappa shape index (κ1) is 11.5. The van der Waals surface area contributed by atoms with E-state index in [9.17, 15) is 4.79 Å². The van der Waals surface area contributed by atoms with Gasteiger partial charge in [-0.2, -0.15) is 0 Å². The first-order chi connectivity index (χ1) is 7.00. The van der Waals surface area contributed by atoms with Crippen molar-refractivity contribution in [2.75, 3.05) is 0 Å². The minimum absolute atomic E-state index is 0.0229. The molecule has 0 spiro atoms. The van der Waals surface area contributed by atoms with Gasteiger partial charge in [0, 0.05) is 11.6 Å². The van der Waals surface area contributed by atoms with Crippen LogP contribution in [0.1, 0.15) is 26.3 Å². The zero-order chi connectivity index (χ0) is 11.3. The Labute approximate surface area is 91.0 Å². The lowest BCUT2D eigenvalue weighted by molar-refractivity contribution is -0.127. The van der Waals surface area contributed by atoms with Gasteiger partial charge in [0.1, 0.15) is 0 Å². The standard InChI is InChI=1S/C13H17NO/c1-13(2,3)12(15)14-10-9-11-7-5-4-6-8-11/h4-10H,1-3H3,(H,14,15)/b10-9-. The fourth-order valence-electron chi connectivity index (χ4n) is 0.994. The summed E-state index contributed by atoms with van der Waals surface area (Å²) in [5.74, 6) is 0.0229. The largest absolute Gasteiger partial charge is 0.332 e. The van der Waals surface area contributed by atoms with Crippen LogP contribution in [0.25, 0.3) is 6.08 Å². The molecule has 0 unspecified atom stereocenters. The maximum atomic E-state index is 11.5. The van der Waals surface area contributed by atoms with Gasteiger partial charge < -0.3 is 5.32 Å². The third-order valence-corrected chi connectivity index (χ3v) is 1.97. The number of benzene rings is 1. The smallest absolute Gasteiger partial charge is 0.229 e. The van der Waals surface area contributed by atoms with Gasteiger partial charge in [-0.15, -0.1) is 0 Å². The molecule has 0 aliphatic rings. The Morgan fingerprint density at radius 3 is 2.33 bits per heavy atom. The van der Waals surface area contributed by atoms with Crippen LogP contribution < -0.4 is 5.32 Å². The van der Waals surface area contributed by atoms with Crippen molar-refractivity contribution < 1.29 is 4.79 Å². The summed E-state index contributed by atoms with van der Waals surface area (Å²) in [6, 6.07) is 9.86. The SMILES string of the molecule is CC(C)(C)C(=O)N/C=C\c1ccccc1. The van der Waals surface area contributed by atoms with Crippen LogP contribution in [-0.2, 0) is 4.79 Å². The maximum Gasteiger partial charge on any atom is 0.229 e. The van der Waals surface area contributed by atoms with Gasteiger partial charge >= 0.3 is 0 Å². The summed E-state index contributed by atoms with van der Waals surface area (Å²) in [5, 5.41) is 2.75. The molecule has 0 aromatic heterocycles. The Kier molecular flexibility index (Phi) is 3.67. The van der Waals surface area contributed by atoms with Crippen molar-refractivity contribution in [3.63, 3.8) is 0 Å². The van der Waals surface area contributed by atoms with Crippen LogP contribution >= 0.6 is 0 Å². The van der Waals surface area contributed by atoms with Gasteiger partial charge in [-0.05, 0) is 11.6 Å². The van der Waals surface area contributed by atoms with Gasteiger partial charge in [0.15, 0.2) is 0 Å². The van der Waals surface area contributed by atoms with Crippen LogP contribution in [0.3, 0.4) is 0 Å². The zero-order valence-electron chi connectivity index (χ0n) is 9.45. The molecule has 1 aromatic rings. The molecule has 15 heavy (non-hydrogen) atoms. The highest BCUT2D eigenvalue weighted by Gasteiger charge is 2.19. The van der Waals surface area contributed by atoms with Crippen molar-refractivity contribution in [3.05, 3.63) is 42.1 Å². The average molecular weight is 203 g/mol. The van der Waals surface area contributed by atoms with E-state index in [1.807, 2.05) is 57.2 Å². The molecule has 0 aliphatic carbocycles. The second kappa shape index (κ2) is 4.78. The normalized spacial score (nSPS) is 11.7. The van der Waals surface area contributed by atoms with Crippen LogP contribution in [0.4, 0.5) is 0 Å². The monoisotopic (exact) mass is 203 g/mol. The van der Waals surface area contributed by atoms with E-state index >= 15 is 0 Å². The molecule has 0 fully saturated rings. The summed E-state index contributed by atoms with van der Waals surface area (Å²) in [7, 11) is 0. The van der Waals surface area contributed by atoms with E-state index in [0.717, 1.165) is 5.56 Å². The lowest BCUT2D eigenvalue weighted by Gasteiger charge is -2.15. The van der Waals surface area contributed by atoms with Crippen molar-refractivity contribution >= 4 is 12.0 Å². The molecular weight excluding hydrogens is 186 g/mol. The Bertz CT molecular complexity index is 347. The van der Waals surface area contributed by atoms with Gasteiger partial charge in [-0.3, -0.25) is 4.79 Å². The zero-order valence-corrected chi connectivity index (χ0v) is 9.45. The lowest BCUT2D eigenvalue weighted by Crippen LogP contribution is -2.31. The molecule has 80 valence electrons. The summed E-state index contributed by atoms with van der Waals surface area (Å²) in [5.41, 5.74) is 0.729. The fourth-order valence-corrected chi connectivity index (χ4v) is 0.994. The molecule has 0 aliphatic heterocycles. The third kappa shape index (κ3) is 3.98. The van der Waals surface area contributed by atoms with E-state index in [4.69, 9.17) is 0 Å². The molecule has 0 atom stereocenters. The average Bonchev–Trinajstić information content (AvgIpc) is 2.18. The topological polar surface area (TPSA) is 29.1 Å². The van der Waals surface area contributed by atoms with Crippen molar-refractivity contribution in [2.24, 2.45) is 5.41 Å². The van der Waals surface area contributed by atoms with Gasteiger partial charge in [-0.1, -0.05) is 51.1 Å². The molecule has 0 radical (unpaired) electrons. The molecule has 0 bridgehead atoms. The molecule has 1 aromatic carbocycles. The Morgan fingerprint density at radius 2 is 1.80 bits per heavy atom. The Hall–Kier alpha value is -1.57. The summed E-state index contributed by atoms with van der Waals surface area (Å²) in [4.78, 5) is 11.5. The first-order valence-corrected chi connectivity index (χ1v) is 5.03. The van der Waals surface area contributed by atoms with Crippen LogP contribution in [0.15, 0.2) is 36.5 Å². The van der Waals surface area contributed by atoms with Crippen molar-refractivity contribution in [3.8, 4) is 0 Å². The molecule has 0 saturated heterocycles. The van der Waals surface area contributed by atoms with Gasteiger partial charge in [0.05, 0.1) is 0 Å². The first-order valence-electron chi connectivity index (χ1n) is 5.03. The highest BCUT2D eigenvalue weighted by atomic mass is 16.2. The quantitative estimate of drug-likeness (QED) is 0.786. The van der Waals surface area contributed by atoms with Gasteiger partial charge in [0.2, 0.25) is 5.91 Å². The van der Waals surface area contributed by atoms with Crippen LogP contribution in [-0.4, -0.2) is 5.91 Å². The Morgan fingerprint density at radius 1 is 1.20 bits per heavy atom. The molecule has 0 saturated carbocycles. The molecule has 1 N–H and O–H groups in total. The predicted octanol–water partition coefficient (Wildman–Crippen LogP) is 2.82. The van der Waals surface area contributed by atoms with Crippen LogP contribution in [0.2, 0.25) is 0 Å². The number of carbonyl (C=O) groups excluding carboxylic acids is 1. The highest BCUT2D eigenvalue weighted by molar-refractivity contribution is 5.82. The molecule has 2 nitrogen and oxygen atoms in total. The lowest BCUT2D eigenvalue weighted by atomic mass is 9.96. The minimum atomic E-state index is -0.346. The fraction of sp³-hybridized carbons (Fsp3) is 0.308. The third-order valence-electron chi connectivity index (χ3n) is 1.97. The molecule has 2 heteroatoms. The summed E-state index contributed by atoms with van der Waals surface area (Å²) < 4.78 is 0. The van der Waals surface area contributed by atoms with Crippen molar-refractivity contribution in [1.82, 2.24) is 5.32 Å². The number of hydrogen-bond donors (Lipinski definition) is 1. The summed E-state index contributed by atoms with van der Waals surface area (Å²) >= 11 is 0. The highest BCUT2D eigenvalue weighted by Crippen LogP contribution is 2.12. The Balaban J connectivity index is 2.51. The van der Waals surface area contributed by atoms with Crippen LogP contribution in [0.5, 0.6) is 0 Å². The van der Waals surface area contributed by atoms with E-state index < -0.39 is 0 Å². The van der Waals surface area contributed by atoms with E-state index in [-0.39, 0.29) is 11.3 Å². The maximum absolute atomic E-state index is 11.5. The number of amides is 1. The predicted molar refractivity (Wildman–Crippen MR) is 63.1 cm³/mol. The van der Waals surface area contributed by atoms with Gasteiger partial charge in [-0.25, -0.2) is 0 Å². The summed E-state index contributed by atoms with van der Waals surface area (Å²) in [6.07, 6.45) is 3.56. The van der Waals surface area contributed by atoms with E-state index in [0.29, 0.717) is 0 Å². The molecular formula is C13H17NO. The van der Waals surface area contributed by atoms with E-state index in [2.05, 4.69) is 5.32 Å². The number of nitrogens with one attached hydrogen (secondary N) is 1. The van der Waals surface area contributed by atoms with Crippen molar-refractivity contribution in [2.45, 2.75) is 20.8 Å². The van der Waals surface area contributed by atoms with Crippen LogP contribution in [0, 0.1) is 5.41 Å². The number of rotatable bonds is 2. The number of hydrogen-bond acceptors (Lipinski definition) is 1. The molecule has 1 amide bonds. The molecule has 0 heterocycles. The minimum Gasteiger partial charge on any atom is -0.332 e.